The molecule has 0 spiro atoms. The number of ether oxygens (including phenoxy) is 2. The fourth-order valence-electron chi connectivity index (χ4n) is 8.24. The molecule has 2 heteroatoms. The third kappa shape index (κ3) is 38.6. The molecule has 3 aromatic rings. The van der Waals surface area contributed by atoms with Crippen LogP contribution in [0, 0.1) is 0 Å². The Morgan fingerprint density at radius 1 is 0.302 bits per heavy atom. The summed E-state index contributed by atoms with van der Waals surface area (Å²) in [5, 5.41) is 0. The minimum Gasteiger partial charge on any atom is -0.379 e. The molecule has 0 aromatic heterocycles. The van der Waals surface area contributed by atoms with Crippen LogP contribution in [0.25, 0.3) is 0 Å². The van der Waals surface area contributed by atoms with Gasteiger partial charge in [0.15, 0.2) is 0 Å². The van der Waals surface area contributed by atoms with Gasteiger partial charge in [0.1, 0.15) is 0 Å². The van der Waals surface area contributed by atoms with Gasteiger partial charge in [-0.3, -0.25) is 0 Å². The zero-order valence-electron chi connectivity index (χ0n) is 43.4. The first-order valence-corrected chi connectivity index (χ1v) is 27.4. The second kappa shape index (κ2) is 49.0. The molecule has 0 aliphatic rings. The highest BCUT2D eigenvalue weighted by molar-refractivity contribution is 5.24. The molecule has 0 heterocycles. The Bertz CT molecular complexity index is 1180. The molecule has 3 rings (SSSR count). The van der Waals surface area contributed by atoms with Gasteiger partial charge < -0.3 is 9.47 Å². The van der Waals surface area contributed by atoms with Gasteiger partial charge >= 0.3 is 0 Å². The van der Waals surface area contributed by atoms with E-state index in [1.54, 1.807) is 0 Å². The van der Waals surface area contributed by atoms with E-state index in [0.29, 0.717) is 0 Å². The number of hydrogen-bond donors (Lipinski definition) is 0. The molecule has 0 saturated carbocycles. The van der Waals surface area contributed by atoms with Crippen molar-refractivity contribution in [2.24, 2.45) is 0 Å². The molecule has 0 amide bonds. The lowest BCUT2D eigenvalue weighted by atomic mass is 9.86. The molecule has 3 aromatic carbocycles. The normalized spacial score (nSPS) is 11.7. The first-order valence-electron chi connectivity index (χ1n) is 27.4. The summed E-state index contributed by atoms with van der Waals surface area (Å²) < 4.78 is 10.7. The average molecular weight is 872 g/mol. The van der Waals surface area contributed by atoms with Crippen LogP contribution in [-0.4, -0.2) is 26.4 Å². The minimum atomic E-state index is 0.748. The molecular formula is C61H106O2. The Kier molecular flexibility index (Phi) is 47.1. The summed E-state index contributed by atoms with van der Waals surface area (Å²) in [4.78, 5) is 0. The second-order valence-corrected chi connectivity index (χ2v) is 18.2. The number of unbranched alkanes of at least 4 members (excludes halogenated alkanes) is 15. The van der Waals surface area contributed by atoms with E-state index in [4.69, 9.17) is 9.47 Å². The SMILES string of the molecule is CCCC(CCCCC(CCC)c1ccccc1)c1ccccc1.CCCCCCCCCCCC.CCCCCCc1cccc(CCC)c1.CCCCOCCOCCCC. The van der Waals surface area contributed by atoms with Gasteiger partial charge in [-0.2, -0.15) is 0 Å². The standard InChI is InChI=1S/C24H34.C15H24.C12H26.C10H22O2/c1-3-13-21(23-15-7-5-8-16-23)19-11-12-20-22(14-4-2)24-17-9-6-10-18-24;1-3-5-6-7-10-15-12-8-11-14(13-15)9-4-2;1-3-5-7-9-11-12-10-8-6-4-2;1-3-5-7-11-9-10-12-8-6-4-2/h5-10,15-18,21-22H,3-4,11-14,19-20H2,1-2H3;8,11-13H,3-7,9-10H2,1-2H3;3-12H2,1-2H3;3-10H2,1-2H3. The molecule has 63 heavy (non-hydrogen) atoms. The van der Waals surface area contributed by atoms with Gasteiger partial charge in [-0.1, -0.05) is 269 Å². The van der Waals surface area contributed by atoms with Crippen LogP contribution in [0.5, 0.6) is 0 Å². The van der Waals surface area contributed by atoms with Gasteiger partial charge in [0.2, 0.25) is 0 Å². The van der Waals surface area contributed by atoms with E-state index in [0.717, 1.165) is 51.1 Å². The lowest BCUT2D eigenvalue weighted by Crippen LogP contribution is -2.05. The van der Waals surface area contributed by atoms with Crippen molar-refractivity contribution in [1.82, 2.24) is 0 Å². The molecule has 0 aliphatic carbocycles. The van der Waals surface area contributed by atoms with E-state index in [9.17, 15) is 0 Å². The molecule has 0 fully saturated rings. The molecule has 2 unspecified atom stereocenters. The molecular weight excluding hydrogens is 765 g/mol. The van der Waals surface area contributed by atoms with Gasteiger partial charge in [-0.25, -0.2) is 0 Å². The fraction of sp³-hybridized carbons (Fsp3) is 0.705. The Balaban J connectivity index is 0.000000859. The Morgan fingerprint density at radius 2 is 0.683 bits per heavy atom. The van der Waals surface area contributed by atoms with Gasteiger partial charge in [-0.15, -0.1) is 0 Å². The van der Waals surface area contributed by atoms with E-state index in [1.807, 2.05) is 0 Å². The molecule has 2 atom stereocenters. The van der Waals surface area contributed by atoms with Crippen molar-refractivity contribution in [2.75, 3.05) is 26.4 Å². The third-order valence-electron chi connectivity index (χ3n) is 12.1. The van der Waals surface area contributed by atoms with Crippen LogP contribution >= 0.6 is 0 Å². The van der Waals surface area contributed by atoms with Gasteiger partial charge in [0.25, 0.3) is 0 Å². The summed E-state index contributed by atoms with van der Waals surface area (Å²) in [5.74, 6) is 1.50. The number of aryl methyl sites for hydroxylation is 2. The molecule has 0 bridgehead atoms. The largest absolute Gasteiger partial charge is 0.379 e. The summed E-state index contributed by atoms with van der Waals surface area (Å²) in [5.41, 5.74) is 6.10. The predicted molar refractivity (Wildman–Crippen MR) is 284 cm³/mol. The van der Waals surface area contributed by atoms with E-state index in [2.05, 4.69) is 140 Å². The summed E-state index contributed by atoms with van der Waals surface area (Å²) in [6.45, 7) is 21.3. The van der Waals surface area contributed by atoms with Crippen LogP contribution in [0.2, 0.25) is 0 Å². The maximum atomic E-state index is 5.33. The van der Waals surface area contributed by atoms with Crippen molar-refractivity contribution in [3.05, 3.63) is 107 Å². The predicted octanol–water partition coefficient (Wildman–Crippen LogP) is 20.0. The first-order chi connectivity index (χ1) is 31.0. The van der Waals surface area contributed by atoms with E-state index in [1.165, 1.54) is 196 Å². The van der Waals surface area contributed by atoms with E-state index in [-0.39, 0.29) is 0 Å². The zero-order chi connectivity index (χ0) is 46.1. The Labute approximate surface area is 394 Å². The highest BCUT2D eigenvalue weighted by atomic mass is 16.5. The molecule has 0 saturated heterocycles. The summed E-state index contributed by atoms with van der Waals surface area (Å²) in [7, 11) is 0. The van der Waals surface area contributed by atoms with E-state index >= 15 is 0 Å². The fourth-order valence-corrected chi connectivity index (χ4v) is 8.24. The van der Waals surface area contributed by atoms with Crippen LogP contribution in [0.3, 0.4) is 0 Å². The molecule has 2 nitrogen and oxygen atoms in total. The van der Waals surface area contributed by atoms with Crippen LogP contribution in [-0.2, 0) is 22.3 Å². The van der Waals surface area contributed by atoms with Crippen molar-refractivity contribution in [3.63, 3.8) is 0 Å². The lowest BCUT2D eigenvalue weighted by Gasteiger charge is -2.19. The van der Waals surface area contributed by atoms with Crippen molar-refractivity contribution >= 4 is 0 Å². The number of hydrogen-bond acceptors (Lipinski definition) is 2. The maximum absolute atomic E-state index is 5.33. The Hall–Kier alpha value is -2.42. The van der Waals surface area contributed by atoms with Crippen molar-refractivity contribution in [1.29, 1.82) is 0 Å². The van der Waals surface area contributed by atoms with E-state index < -0.39 is 0 Å². The first kappa shape index (κ1) is 60.6. The number of rotatable bonds is 36. The highest BCUT2D eigenvalue weighted by Crippen LogP contribution is 2.31. The van der Waals surface area contributed by atoms with Crippen molar-refractivity contribution in [2.45, 2.75) is 253 Å². The summed E-state index contributed by atoms with van der Waals surface area (Å²) in [6.07, 6.45) is 38.9. The van der Waals surface area contributed by atoms with Crippen molar-refractivity contribution < 1.29 is 9.47 Å². The summed E-state index contributed by atoms with van der Waals surface area (Å²) >= 11 is 0. The van der Waals surface area contributed by atoms with Crippen LogP contribution in [0.4, 0.5) is 0 Å². The highest BCUT2D eigenvalue weighted by Gasteiger charge is 2.13. The van der Waals surface area contributed by atoms with Crippen LogP contribution in [0.15, 0.2) is 84.9 Å². The van der Waals surface area contributed by atoms with Gasteiger partial charge in [0, 0.05) is 13.2 Å². The quantitative estimate of drug-likeness (QED) is 0.0542. The molecule has 0 radical (unpaired) electrons. The van der Waals surface area contributed by atoms with Crippen LogP contribution < -0.4 is 0 Å². The zero-order valence-corrected chi connectivity index (χ0v) is 43.4. The molecule has 362 valence electrons. The lowest BCUT2D eigenvalue weighted by molar-refractivity contribution is 0.0457. The monoisotopic (exact) mass is 871 g/mol. The Morgan fingerprint density at radius 3 is 1.06 bits per heavy atom. The second-order valence-electron chi connectivity index (χ2n) is 18.2. The topological polar surface area (TPSA) is 18.5 Å². The average Bonchev–Trinajstić information content (AvgIpc) is 3.32. The number of benzene rings is 3. The molecule has 0 N–H and O–H groups in total. The van der Waals surface area contributed by atoms with Gasteiger partial charge in [-0.05, 0) is 91.9 Å². The smallest absolute Gasteiger partial charge is 0.0700 e. The van der Waals surface area contributed by atoms with Crippen molar-refractivity contribution in [3.8, 4) is 0 Å². The van der Waals surface area contributed by atoms with Gasteiger partial charge in [0.05, 0.1) is 13.2 Å². The molecule has 0 aliphatic heterocycles. The summed E-state index contributed by atoms with van der Waals surface area (Å²) in [6, 6.07) is 31.3. The minimum absolute atomic E-state index is 0.748. The maximum Gasteiger partial charge on any atom is 0.0700 e. The van der Waals surface area contributed by atoms with Crippen LogP contribution in [0.1, 0.15) is 263 Å². The third-order valence-corrected chi connectivity index (χ3v) is 12.1.